The number of anilines is 1. The highest BCUT2D eigenvalue weighted by atomic mass is 32.2. The van der Waals surface area contributed by atoms with E-state index in [1.54, 1.807) is 47.4 Å². The molecule has 0 saturated heterocycles. The minimum Gasteiger partial charge on any atom is -0.490 e. The summed E-state index contributed by atoms with van der Waals surface area (Å²) < 4.78 is 41.9. The molecule has 2 aromatic rings. The number of aryl methyl sites for hydroxylation is 1. The summed E-state index contributed by atoms with van der Waals surface area (Å²) in [4.78, 5) is 18.6. The molecule has 256 valence electrons. The molecule has 0 aromatic heterocycles. The molecule has 0 spiro atoms. The van der Waals surface area contributed by atoms with Crippen LogP contribution in [0.25, 0.3) is 0 Å². The van der Waals surface area contributed by atoms with E-state index in [4.69, 9.17) is 9.47 Å². The molecule has 1 saturated carbocycles. The van der Waals surface area contributed by atoms with Crippen LogP contribution in [-0.4, -0.2) is 87.4 Å². The van der Waals surface area contributed by atoms with E-state index in [-0.39, 0.29) is 46.8 Å². The number of carbonyl (C=O) groups is 1. The zero-order valence-electron chi connectivity index (χ0n) is 28.4. The smallest absolute Gasteiger partial charge is 0.261 e. The Hall–Kier alpha value is -2.66. The molecule has 4 atom stereocenters. The van der Waals surface area contributed by atoms with E-state index >= 15 is 0 Å². The molecule has 1 heterocycles. The normalized spacial score (nSPS) is 23.3. The van der Waals surface area contributed by atoms with Gasteiger partial charge in [-0.05, 0) is 96.2 Å². The topological polar surface area (TPSA) is 108 Å². The van der Waals surface area contributed by atoms with E-state index in [2.05, 4.69) is 23.6 Å². The second-order valence-corrected chi connectivity index (χ2v) is 15.3. The van der Waals surface area contributed by atoms with Gasteiger partial charge in [0.05, 0.1) is 35.3 Å². The van der Waals surface area contributed by atoms with Crippen molar-refractivity contribution in [3.05, 3.63) is 53.6 Å². The monoisotopic (exact) mass is 657 g/mol. The van der Waals surface area contributed by atoms with Crippen LogP contribution in [-0.2, 0) is 14.8 Å². The number of fused-ring (bicyclic) bond motifs is 1. The van der Waals surface area contributed by atoms with E-state index in [1.807, 2.05) is 20.8 Å². The summed E-state index contributed by atoms with van der Waals surface area (Å²) in [5.41, 5.74) is 1.48. The number of ether oxygens (including phenoxy) is 2. The van der Waals surface area contributed by atoms with E-state index in [1.165, 1.54) is 32.1 Å². The van der Waals surface area contributed by atoms with Gasteiger partial charge in [-0.2, -0.15) is 0 Å². The standard InChI is InChI=1S/C36H55N3O6S/c1-26-14-17-32(18-15-26)46(42,43)37-31-16-19-34-33(21-31)36(41)39(28(3)25-40)22-27(2)35(44-20-10-9-11-29(4)45-34)24-38(5)23-30-12-7-6-8-13-30/h14-19,21,27-30,35,37,40H,6-13,20,22-25H2,1-5H3/t27-,28+,29-,35+/m1/s1. The van der Waals surface area contributed by atoms with Crippen molar-refractivity contribution in [2.45, 2.75) is 102 Å². The molecule has 1 amide bonds. The Bertz CT molecular complexity index is 1360. The molecule has 2 aliphatic rings. The molecule has 0 unspecified atom stereocenters. The van der Waals surface area contributed by atoms with Gasteiger partial charge in [-0.15, -0.1) is 0 Å². The van der Waals surface area contributed by atoms with Gasteiger partial charge in [0.1, 0.15) is 5.75 Å². The Labute approximate surface area is 276 Å². The Balaban J connectivity index is 1.62. The molecule has 1 aliphatic heterocycles. The summed E-state index contributed by atoms with van der Waals surface area (Å²) >= 11 is 0. The highest BCUT2D eigenvalue weighted by molar-refractivity contribution is 7.92. The quantitative estimate of drug-likeness (QED) is 0.335. The summed E-state index contributed by atoms with van der Waals surface area (Å²) in [5, 5.41) is 10.2. The van der Waals surface area contributed by atoms with Crippen molar-refractivity contribution in [3.8, 4) is 5.75 Å². The van der Waals surface area contributed by atoms with E-state index in [9.17, 15) is 18.3 Å². The number of hydrogen-bond acceptors (Lipinski definition) is 7. The fourth-order valence-electron chi connectivity index (χ4n) is 6.57. The lowest BCUT2D eigenvalue weighted by Gasteiger charge is -2.36. The second-order valence-electron chi connectivity index (χ2n) is 13.7. The number of likely N-dealkylation sites (N-methyl/N-ethyl adjacent to an activating group) is 1. The SMILES string of the molecule is Cc1ccc(S(=O)(=O)Nc2ccc3c(c2)C(=O)N([C@@H](C)CO)C[C@@H](C)[C@H](CN(C)CC2CCCCC2)OCCCC[C@@H](C)O3)cc1. The van der Waals surface area contributed by atoms with Crippen LogP contribution in [0.1, 0.15) is 88.1 Å². The summed E-state index contributed by atoms with van der Waals surface area (Å²) in [7, 11) is -1.71. The lowest BCUT2D eigenvalue weighted by molar-refractivity contribution is -0.0190. The van der Waals surface area contributed by atoms with Gasteiger partial charge in [0.25, 0.3) is 15.9 Å². The number of carbonyl (C=O) groups excluding carboxylic acids is 1. The van der Waals surface area contributed by atoms with Gasteiger partial charge in [-0.3, -0.25) is 9.52 Å². The van der Waals surface area contributed by atoms with Crippen molar-refractivity contribution in [1.29, 1.82) is 0 Å². The lowest BCUT2D eigenvalue weighted by Crippen LogP contribution is -2.47. The molecule has 46 heavy (non-hydrogen) atoms. The number of rotatable bonds is 9. The molecule has 0 bridgehead atoms. The lowest BCUT2D eigenvalue weighted by atomic mass is 9.89. The number of nitrogens with one attached hydrogen (secondary N) is 1. The van der Waals surface area contributed by atoms with Crippen LogP contribution in [0, 0.1) is 18.8 Å². The fourth-order valence-corrected chi connectivity index (χ4v) is 7.62. The molecule has 0 radical (unpaired) electrons. The zero-order valence-corrected chi connectivity index (χ0v) is 29.2. The number of aliphatic hydroxyl groups excluding tert-OH is 1. The van der Waals surface area contributed by atoms with Crippen LogP contribution in [0.3, 0.4) is 0 Å². The van der Waals surface area contributed by atoms with Gasteiger partial charge in [-0.25, -0.2) is 8.42 Å². The third kappa shape index (κ3) is 10.2. The first kappa shape index (κ1) is 36.2. The summed E-state index contributed by atoms with van der Waals surface area (Å²) in [6.45, 7) is 10.4. The Morgan fingerprint density at radius 3 is 2.39 bits per heavy atom. The van der Waals surface area contributed by atoms with E-state index in [0.29, 0.717) is 18.9 Å². The molecule has 4 rings (SSSR count). The molecule has 2 aromatic carbocycles. The summed E-state index contributed by atoms with van der Waals surface area (Å²) in [6.07, 6.45) is 8.89. The van der Waals surface area contributed by atoms with E-state index in [0.717, 1.165) is 43.8 Å². The maximum absolute atomic E-state index is 14.4. The molecule has 2 N–H and O–H groups in total. The Kier molecular flexibility index (Phi) is 13.3. The molecular formula is C36H55N3O6S. The number of benzene rings is 2. The minimum absolute atomic E-state index is 0.0128. The first-order valence-corrected chi connectivity index (χ1v) is 18.6. The van der Waals surface area contributed by atoms with Gasteiger partial charge in [0.2, 0.25) is 0 Å². The zero-order chi connectivity index (χ0) is 33.3. The van der Waals surface area contributed by atoms with Crippen molar-refractivity contribution in [3.63, 3.8) is 0 Å². The summed E-state index contributed by atoms with van der Waals surface area (Å²) in [6, 6.07) is 11.0. The molecule has 1 aliphatic carbocycles. The van der Waals surface area contributed by atoms with Crippen molar-refractivity contribution in [1.82, 2.24) is 9.80 Å². The first-order valence-electron chi connectivity index (χ1n) is 17.1. The minimum atomic E-state index is -3.88. The van der Waals surface area contributed by atoms with Gasteiger partial charge >= 0.3 is 0 Å². The molecule has 10 heteroatoms. The number of nitrogens with zero attached hydrogens (tertiary/aromatic N) is 2. The van der Waals surface area contributed by atoms with Crippen LogP contribution in [0.15, 0.2) is 47.4 Å². The van der Waals surface area contributed by atoms with Gasteiger partial charge in [0, 0.05) is 37.8 Å². The van der Waals surface area contributed by atoms with Crippen LogP contribution in [0.2, 0.25) is 0 Å². The predicted octanol–water partition coefficient (Wildman–Crippen LogP) is 6.10. The average molecular weight is 658 g/mol. The molecule has 1 fully saturated rings. The van der Waals surface area contributed by atoms with Crippen LogP contribution < -0.4 is 9.46 Å². The number of amides is 1. The van der Waals surface area contributed by atoms with Crippen molar-refractivity contribution >= 4 is 21.6 Å². The van der Waals surface area contributed by atoms with Crippen molar-refractivity contribution in [2.24, 2.45) is 11.8 Å². The average Bonchev–Trinajstić information content (AvgIpc) is 3.03. The molecule has 9 nitrogen and oxygen atoms in total. The Morgan fingerprint density at radius 1 is 1.00 bits per heavy atom. The Morgan fingerprint density at radius 2 is 1.70 bits per heavy atom. The molecular weight excluding hydrogens is 602 g/mol. The third-order valence-electron chi connectivity index (χ3n) is 9.42. The van der Waals surface area contributed by atoms with Crippen molar-refractivity contribution < 1.29 is 27.8 Å². The van der Waals surface area contributed by atoms with Gasteiger partial charge in [-0.1, -0.05) is 43.9 Å². The maximum Gasteiger partial charge on any atom is 0.261 e. The van der Waals surface area contributed by atoms with Crippen LogP contribution in [0.5, 0.6) is 5.75 Å². The van der Waals surface area contributed by atoms with Crippen LogP contribution >= 0.6 is 0 Å². The second kappa shape index (κ2) is 16.9. The number of aliphatic hydroxyl groups is 1. The summed E-state index contributed by atoms with van der Waals surface area (Å²) in [5.74, 6) is 0.783. The largest absolute Gasteiger partial charge is 0.490 e. The first-order chi connectivity index (χ1) is 22.0. The van der Waals surface area contributed by atoms with Gasteiger partial charge in [0.15, 0.2) is 0 Å². The van der Waals surface area contributed by atoms with Crippen LogP contribution in [0.4, 0.5) is 5.69 Å². The highest BCUT2D eigenvalue weighted by Gasteiger charge is 2.31. The van der Waals surface area contributed by atoms with Gasteiger partial charge < -0.3 is 24.4 Å². The fraction of sp³-hybridized carbons (Fsp3) is 0.639. The number of hydrogen-bond donors (Lipinski definition) is 2. The predicted molar refractivity (Wildman–Crippen MR) is 183 cm³/mol. The maximum atomic E-state index is 14.4. The van der Waals surface area contributed by atoms with Crippen molar-refractivity contribution in [2.75, 3.05) is 44.6 Å². The van der Waals surface area contributed by atoms with E-state index < -0.39 is 16.1 Å². The third-order valence-corrected chi connectivity index (χ3v) is 10.8. The number of sulfonamides is 1. The highest BCUT2D eigenvalue weighted by Crippen LogP contribution is 2.30.